The summed E-state index contributed by atoms with van der Waals surface area (Å²) in [5.41, 5.74) is 0. The van der Waals surface area contributed by atoms with Gasteiger partial charge in [-0.2, -0.15) is 8.42 Å². The van der Waals surface area contributed by atoms with Gasteiger partial charge in [-0.15, -0.1) is 0 Å². The van der Waals surface area contributed by atoms with E-state index in [1.165, 1.54) is 12.1 Å². The van der Waals surface area contributed by atoms with Crippen LogP contribution in [0.3, 0.4) is 0 Å². The number of aliphatic carboxylic acids is 1. The summed E-state index contributed by atoms with van der Waals surface area (Å²) in [4.78, 5) is 10.4. The van der Waals surface area contributed by atoms with Crippen molar-refractivity contribution in [3.63, 3.8) is 0 Å². The molecular weight excluding hydrogens is 460 g/mol. The zero-order chi connectivity index (χ0) is 24.0. The lowest BCUT2D eigenvalue weighted by molar-refractivity contribution is -0.138. The molecule has 0 aliphatic rings. The highest BCUT2D eigenvalue weighted by atomic mass is 32.2. The minimum absolute atomic E-state index is 0.0127. The molecule has 0 spiro atoms. The predicted octanol–water partition coefficient (Wildman–Crippen LogP) is 0.966. The van der Waals surface area contributed by atoms with Crippen LogP contribution in [0.4, 0.5) is 0 Å². The number of ether oxygens (including phenoxy) is 6. The first-order valence-corrected chi connectivity index (χ1v) is 12.1. The van der Waals surface area contributed by atoms with Crippen LogP contribution in [-0.4, -0.2) is 105 Å². The molecule has 0 aromatic heterocycles. The maximum atomic E-state index is 11.9. The van der Waals surface area contributed by atoms with Gasteiger partial charge in [-0.1, -0.05) is 18.2 Å². The number of benzene rings is 1. The summed E-state index contributed by atoms with van der Waals surface area (Å²) in [6, 6.07) is 7.94. The minimum atomic E-state index is -3.75. The zero-order valence-corrected chi connectivity index (χ0v) is 19.5. The van der Waals surface area contributed by atoms with Gasteiger partial charge in [0.25, 0.3) is 10.1 Å². The standard InChI is InChI=1S/C21H34O11S/c22-21(23)6-7-26-8-9-27-10-11-28-12-13-29-14-15-30-16-17-31-18-19-32-33(24,25)20-4-2-1-3-5-20/h1-5H,6-19H2,(H,22,23). The average Bonchev–Trinajstić information content (AvgIpc) is 2.80. The molecule has 1 N–H and O–H groups in total. The van der Waals surface area contributed by atoms with Crippen molar-refractivity contribution in [3.05, 3.63) is 30.3 Å². The van der Waals surface area contributed by atoms with E-state index in [0.717, 1.165) is 0 Å². The summed E-state index contributed by atoms with van der Waals surface area (Å²) in [6.07, 6.45) is -0.0127. The highest BCUT2D eigenvalue weighted by Crippen LogP contribution is 2.10. The maximum Gasteiger partial charge on any atom is 0.305 e. The van der Waals surface area contributed by atoms with Gasteiger partial charge in [0.1, 0.15) is 0 Å². The van der Waals surface area contributed by atoms with E-state index < -0.39 is 16.1 Å². The fourth-order valence-electron chi connectivity index (χ4n) is 2.22. The first-order chi connectivity index (χ1) is 16.0. The Balaban J connectivity index is 1.76. The molecule has 33 heavy (non-hydrogen) atoms. The van der Waals surface area contributed by atoms with Crippen molar-refractivity contribution in [2.75, 3.05) is 85.9 Å². The summed E-state index contributed by atoms with van der Waals surface area (Å²) >= 11 is 0. The normalized spacial score (nSPS) is 11.6. The molecule has 0 atom stereocenters. The summed E-state index contributed by atoms with van der Waals surface area (Å²) in [5.74, 6) is -0.885. The monoisotopic (exact) mass is 494 g/mol. The Morgan fingerprint density at radius 2 is 0.970 bits per heavy atom. The van der Waals surface area contributed by atoms with Gasteiger partial charge < -0.3 is 33.5 Å². The van der Waals surface area contributed by atoms with Crippen molar-refractivity contribution < 1.29 is 50.9 Å². The summed E-state index contributed by atoms with van der Waals surface area (Å²) in [7, 11) is -3.75. The molecule has 0 aliphatic carbocycles. The summed E-state index contributed by atoms with van der Waals surface area (Å²) in [6.45, 7) is 4.25. The smallest absolute Gasteiger partial charge is 0.305 e. The third-order valence-corrected chi connectivity index (χ3v) is 5.14. The lowest BCUT2D eigenvalue weighted by Gasteiger charge is -2.08. The molecule has 0 unspecified atom stereocenters. The topological polar surface area (TPSA) is 136 Å². The number of hydrogen-bond donors (Lipinski definition) is 1. The summed E-state index contributed by atoms with van der Waals surface area (Å²) < 4.78 is 60.4. The Labute approximate surface area is 194 Å². The third kappa shape index (κ3) is 17.5. The van der Waals surface area contributed by atoms with E-state index in [9.17, 15) is 13.2 Å². The lowest BCUT2D eigenvalue weighted by Crippen LogP contribution is -2.15. The van der Waals surface area contributed by atoms with Gasteiger partial charge >= 0.3 is 5.97 Å². The fraction of sp³-hybridized carbons (Fsp3) is 0.667. The minimum Gasteiger partial charge on any atom is -0.481 e. The molecule has 0 fully saturated rings. The van der Waals surface area contributed by atoms with E-state index in [1.54, 1.807) is 18.2 Å². The van der Waals surface area contributed by atoms with E-state index >= 15 is 0 Å². The Bertz CT molecular complexity index is 697. The average molecular weight is 495 g/mol. The molecule has 1 rings (SSSR count). The van der Waals surface area contributed by atoms with Gasteiger partial charge in [-0.25, -0.2) is 0 Å². The molecule has 0 aliphatic heterocycles. The maximum absolute atomic E-state index is 11.9. The van der Waals surface area contributed by atoms with E-state index in [0.29, 0.717) is 66.1 Å². The Morgan fingerprint density at radius 3 is 1.36 bits per heavy atom. The van der Waals surface area contributed by atoms with E-state index in [4.69, 9.17) is 37.7 Å². The van der Waals surface area contributed by atoms with Crippen LogP contribution < -0.4 is 0 Å². The zero-order valence-electron chi connectivity index (χ0n) is 18.7. The number of rotatable bonds is 23. The van der Waals surface area contributed by atoms with Gasteiger partial charge in [-0.05, 0) is 12.1 Å². The Hall–Kier alpha value is -1.64. The van der Waals surface area contributed by atoms with E-state index in [2.05, 4.69) is 0 Å². The van der Waals surface area contributed by atoms with Crippen LogP contribution in [0.15, 0.2) is 35.2 Å². The van der Waals surface area contributed by atoms with Crippen LogP contribution in [0.25, 0.3) is 0 Å². The number of carboxylic acids is 1. The van der Waals surface area contributed by atoms with Gasteiger partial charge in [0.15, 0.2) is 0 Å². The Morgan fingerprint density at radius 1 is 0.606 bits per heavy atom. The first-order valence-electron chi connectivity index (χ1n) is 10.6. The number of carbonyl (C=O) groups is 1. The van der Waals surface area contributed by atoms with Crippen molar-refractivity contribution >= 4 is 16.1 Å². The van der Waals surface area contributed by atoms with Crippen molar-refractivity contribution in [1.29, 1.82) is 0 Å². The molecule has 0 bridgehead atoms. The van der Waals surface area contributed by atoms with Crippen LogP contribution in [0, 0.1) is 0 Å². The van der Waals surface area contributed by atoms with Gasteiger partial charge in [-0.3, -0.25) is 8.98 Å². The van der Waals surface area contributed by atoms with Crippen LogP contribution >= 0.6 is 0 Å². The number of carboxylic acid groups (broad SMARTS) is 1. The molecule has 0 saturated heterocycles. The Kier molecular flexibility index (Phi) is 17.6. The second-order valence-corrected chi connectivity index (χ2v) is 8.02. The molecule has 190 valence electrons. The largest absolute Gasteiger partial charge is 0.481 e. The number of hydrogen-bond acceptors (Lipinski definition) is 10. The van der Waals surface area contributed by atoms with Crippen molar-refractivity contribution in [2.24, 2.45) is 0 Å². The van der Waals surface area contributed by atoms with Gasteiger partial charge in [0.05, 0.1) is 97.2 Å². The highest BCUT2D eigenvalue weighted by Gasteiger charge is 2.13. The van der Waals surface area contributed by atoms with Gasteiger partial charge in [0.2, 0.25) is 0 Å². The molecular formula is C21H34O11S. The summed E-state index contributed by atoms with van der Waals surface area (Å²) in [5, 5.41) is 8.44. The fourth-order valence-corrected chi connectivity index (χ4v) is 3.13. The van der Waals surface area contributed by atoms with Crippen LogP contribution in [-0.2, 0) is 47.5 Å². The van der Waals surface area contributed by atoms with Crippen molar-refractivity contribution in [3.8, 4) is 0 Å². The molecule has 0 saturated carbocycles. The highest BCUT2D eigenvalue weighted by molar-refractivity contribution is 7.86. The van der Waals surface area contributed by atoms with Crippen LogP contribution in [0.1, 0.15) is 6.42 Å². The molecule has 11 nitrogen and oxygen atoms in total. The SMILES string of the molecule is O=C(O)CCOCCOCCOCCOCCOCCOCCOS(=O)(=O)c1ccccc1. The first kappa shape index (κ1) is 29.4. The van der Waals surface area contributed by atoms with Gasteiger partial charge in [0, 0.05) is 0 Å². The van der Waals surface area contributed by atoms with E-state index in [1.807, 2.05) is 0 Å². The van der Waals surface area contributed by atoms with Crippen molar-refractivity contribution in [1.82, 2.24) is 0 Å². The molecule has 0 radical (unpaired) electrons. The third-order valence-electron chi connectivity index (χ3n) is 3.82. The second kappa shape index (κ2) is 19.8. The predicted molar refractivity (Wildman–Crippen MR) is 117 cm³/mol. The van der Waals surface area contributed by atoms with Crippen LogP contribution in [0.5, 0.6) is 0 Å². The quantitative estimate of drug-likeness (QED) is 0.172. The molecule has 1 aromatic carbocycles. The molecule has 1 aromatic rings. The lowest BCUT2D eigenvalue weighted by atomic mass is 10.4. The molecule has 0 amide bonds. The van der Waals surface area contributed by atoms with E-state index in [-0.39, 0.29) is 31.1 Å². The molecule has 12 heteroatoms. The molecule has 0 heterocycles. The van der Waals surface area contributed by atoms with Crippen LogP contribution in [0.2, 0.25) is 0 Å². The van der Waals surface area contributed by atoms with Crippen molar-refractivity contribution in [2.45, 2.75) is 11.3 Å². The second-order valence-electron chi connectivity index (χ2n) is 6.41.